The highest BCUT2D eigenvalue weighted by molar-refractivity contribution is 14.0. The summed E-state index contributed by atoms with van der Waals surface area (Å²) in [6.45, 7) is 2.81. The zero-order valence-corrected chi connectivity index (χ0v) is 20.7. The Labute approximate surface area is 200 Å². The van der Waals surface area contributed by atoms with Gasteiger partial charge in [-0.3, -0.25) is 4.79 Å². The van der Waals surface area contributed by atoms with E-state index in [2.05, 4.69) is 27.6 Å². The number of carbonyl (C=O) groups excluding carboxylic acids is 1. The molecule has 0 spiro atoms. The van der Waals surface area contributed by atoms with Gasteiger partial charge < -0.3 is 15.5 Å². The maximum Gasteiger partial charge on any atom is 0.241 e. The van der Waals surface area contributed by atoms with Gasteiger partial charge in [-0.05, 0) is 49.1 Å². The average Bonchev–Trinajstić information content (AvgIpc) is 3.20. The molecule has 170 valence electrons. The number of likely N-dealkylation sites (N-methyl/N-ethyl adjacent to an activating group) is 1. The van der Waals surface area contributed by atoms with Crippen molar-refractivity contribution in [1.29, 1.82) is 0 Å². The Morgan fingerprint density at radius 3 is 2.61 bits per heavy atom. The van der Waals surface area contributed by atoms with Gasteiger partial charge >= 0.3 is 0 Å². The van der Waals surface area contributed by atoms with Crippen molar-refractivity contribution in [3.63, 3.8) is 0 Å². The summed E-state index contributed by atoms with van der Waals surface area (Å²) in [7, 11) is 3.47. The van der Waals surface area contributed by atoms with Crippen LogP contribution in [0.2, 0.25) is 0 Å². The molecule has 0 bridgehead atoms. The van der Waals surface area contributed by atoms with E-state index in [1.165, 1.54) is 31.4 Å². The third-order valence-electron chi connectivity index (χ3n) is 5.47. The first kappa shape index (κ1) is 25.1. The fourth-order valence-corrected chi connectivity index (χ4v) is 3.52. The Morgan fingerprint density at radius 1 is 1.23 bits per heavy atom. The third kappa shape index (κ3) is 7.48. The van der Waals surface area contributed by atoms with Gasteiger partial charge in [0.1, 0.15) is 5.82 Å². The van der Waals surface area contributed by atoms with E-state index in [0.29, 0.717) is 24.5 Å². The number of amides is 1. The third-order valence-corrected chi connectivity index (χ3v) is 5.47. The monoisotopic (exact) mass is 542 g/mol. The number of carbonyl (C=O) groups is 1. The fourth-order valence-electron chi connectivity index (χ4n) is 3.52. The number of hydrogen-bond donors (Lipinski definition) is 2. The number of aliphatic imine (C=N–C) groups is 1. The summed E-state index contributed by atoms with van der Waals surface area (Å²) in [4.78, 5) is 18.2. The van der Waals surface area contributed by atoms with E-state index in [1.54, 1.807) is 35.8 Å². The molecule has 3 rings (SSSR count). The standard InChI is InChI=1S/C22H31FN6O.HI/c1-16-6-4-5-7-20(16)26-22(25-15-21(30)28(2)3)24-14-18-12-13-29(27-18)19-10-8-17(23)9-11-19;/h8-13,16,20H,4-7,14-15H2,1-3H3,(H2,24,25,26);1H. The number of rotatable bonds is 6. The van der Waals surface area contributed by atoms with Crippen molar-refractivity contribution in [2.75, 3.05) is 20.6 Å². The topological polar surface area (TPSA) is 74.5 Å². The van der Waals surface area contributed by atoms with Crippen molar-refractivity contribution in [1.82, 2.24) is 25.3 Å². The lowest BCUT2D eigenvalue weighted by molar-refractivity contribution is -0.127. The molecule has 1 fully saturated rings. The zero-order chi connectivity index (χ0) is 21.5. The van der Waals surface area contributed by atoms with Crippen LogP contribution in [0.1, 0.15) is 38.3 Å². The molecule has 31 heavy (non-hydrogen) atoms. The largest absolute Gasteiger partial charge is 0.353 e. The minimum atomic E-state index is -0.276. The molecule has 1 aromatic carbocycles. The molecule has 2 aromatic rings. The van der Waals surface area contributed by atoms with E-state index in [4.69, 9.17) is 0 Å². The van der Waals surface area contributed by atoms with Crippen LogP contribution in [-0.2, 0) is 11.3 Å². The second kappa shape index (κ2) is 12.0. The van der Waals surface area contributed by atoms with Crippen LogP contribution in [0.15, 0.2) is 41.5 Å². The van der Waals surface area contributed by atoms with Gasteiger partial charge in [0, 0.05) is 26.3 Å². The van der Waals surface area contributed by atoms with E-state index < -0.39 is 0 Å². The minimum absolute atomic E-state index is 0. The molecule has 1 aliphatic rings. The molecule has 2 unspecified atom stereocenters. The van der Waals surface area contributed by atoms with Crippen molar-refractivity contribution >= 4 is 35.8 Å². The van der Waals surface area contributed by atoms with Crippen LogP contribution in [0.3, 0.4) is 0 Å². The normalized spacial score (nSPS) is 18.8. The van der Waals surface area contributed by atoms with Crippen molar-refractivity contribution < 1.29 is 9.18 Å². The summed E-state index contributed by atoms with van der Waals surface area (Å²) in [5, 5.41) is 11.2. The highest BCUT2D eigenvalue weighted by Gasteiger charge is 2.22. The van der Waals surface area contributed by atoms with E-state index in [1.807, 2.05) is 12.3 Å². The highest BCUT2D eigenvalue weighted by atomic mass is 127. The number of aromatic nitrogens is 2. The van der Waals surface area contributed by atoms with Crippen LogP contribution in [-0.4, -0.2) is 53.2 Å². The lowest BCUT2D eigenvalue weighted by Crippen LogP contribution is -2.49. The van der Waals surface area contributed by atoms with Crippen molar-refractivity contribution in [2.24, 2.45) is 10.9 Å². The molecule has 1 amide bonds. The fraction of sp³-hybridized carbons (Fsp3) is 0.500. The molecule has 0 radical (unpaired) electrons. The van der Waals surface area contributed by atoms with Gasteiger partial charge in [-0.25, -0.2) is 14.1 Å². The van der Waals surface area contributed by atoms with Crippen molar-refractivity contribution in [2.45, 2.75) is 45.2 Å². The maximum atomic E-state index is 13.1. The van der Waals surface area contributed by atoms with E-state index in [9.17, 15) is 9.18 Å². The number of halogens is 2. The maximum absolute atomic E-state index is 13.1. The van der Waals surface area contributed by atoms with Crippen LogP contribution >= 0.6 is 24.0 Å². The first-order chi connectivity index (χ1) is 14.4. The molecule has 2 N–H and O–H groups in total. The van der Waals surface area contributed by atoms with E-state index >= 15 is 0 Å². The average molecular weight is 542 g/mol. The summed E-state index contributed by atoms with van der Waals surface area (Å²) in [5.74, 6) is 0.900. The first-order valence-corrected chi connectivity index (χ1v) is 10.5. The Hall–Kier alpha value is -2.17. The molecule has 1 aliphatic carbocycles. The SMILES string of the molecule is CC1CCCCC1NC(=NCc1ccn(-c2ccc(F)cc2)n1)NCC(=O)N(C)C.I. The van der Waals surface area contributed by atoms with Crippen LogP contribution in [0.25, 0.3) is 5.69 Å². The summed E-state index contributed by atoms with van der Waals surface area (Å²) >= 11 is 0. The predicted octanol–water partition coefficient (Wildman–Crippen LogP) is 3.33. The number of nitrogens with one attached hydrogen (secondary N) is 2. The first-order valence-electron chi connectivity index (χ1n) is 10.5. The molecule has 9 heteroatoms. The summed E-state index contributed by atoms with van der Waals surface area (Å²) in [6.07, 6.45) is 6.59. The number of guanidine groups is 1. The van der Waals surface area contributed by atoms with E-state index in [-0.39, 0.29) is 42.2 Å². The Kier molecular flexibility index (Phi) is 9.73. The van der Waals surface area contributed by atoms with Crippen LogP contribution < -0.4 is 10.6 Å². The minimum Gasteiger partial charge on any atom is -0.353 e. The summed E-state index contributed by atoms with van der Waals surface area (Å²) in [5.41, 5.74) is 1.58. The number of nitrogens with zero attached hydrogens (tertiary/aromatic N) is 4. The molecule has 0 aliphatic heterocycles. The molecular formula is C22H32FIN6O. The van der Waals surface area contributed by atoms with Gasteiger partial charge in [-0.15, -0.1) is 24.0 Å². The summed E-state index contributed by atoms with van der Waals surface area (Å²) in [6, 6.07) is 8.42. The number of hydrogen-bond acceptors (Lipinski definition) is 3. The molecule has 1 aromatic heterocycles. The zero-order valence-electron chi connectivity index (χ0n) is 18.3. The molecule has 2 atom stereocenters. The van der Waals surface area contributed by atoms with Gasteiger partial charge in [0.15, 0.2) is 5.96 Å². The van der Waals surface area contributed by atoms with Crippen molar-refractivity contribution in [3.05, 3.63) is 48.0 Å². The van der Waals surface area contributed by atoms with Crippen LogP contribution in [0.4, 0.5) is 4.39 Å². The van der Waals surface area contributed by atoms with E-state index in [0.717, 1.165) is 17.8 Å². The molecule has 1 saturated carbocycles. The van der Waals surface area contributed by atoms with Gasteiger partial charge in [0.25, 0.3) is 0 Å². The highest BCUT2D eigenvalue weighted by Crippen LogP contribution is 2.23. The molecule has 7 nitrogen and oxygen atoms in total. The predicted molar refractivity (Wildman–Crippen MR) is 131 cm³/mol. The number of benzene rings is 1. The van der Waals surface area contributed by atoms with Gasteiger partial charge in [0.05, 0.1) is 24.5 Å². The van der Waals surface area contributed by atoms with Crippen LogP contribution in [0.5, 0.6) is 0 Å². The second-order valence-corrected chi connectivity index (χ2v) is 8.05. The second-order valence-electron chi connectivity index (χ2n) is 8.05. The lowest BCUT2D eigenvalue weighted by Gasteiger charge is -2.31. The van der Waals surface area contributed by atoms with Gasteiger partial charge in [0.2, 0.25) is 5.91 Å². The Morgan fingerprint density at radius 2 is 1.94 bits per heavy atom. The Bertz CT molecular complexity index is 867. The van der Waals surface area contributed by atoms with Crippen molar-refractivity contribution in [3.8, 4) is 5.69 Å². The smallest absolute Gasteiger partial charge is 0.241 e. The lowest BCUT2D eigenvalue weighted by atomic mass is 9.86. The molecular weight excluding hydrogens is 510 g/mol. The molecule has 0 saturated heterocycles. The van der Waals surface area contributed by atoms with Gasteiger partial charge in [-0.2, -0.15) is 5.10 Å². The Balaban J connectivity index is 0.00000341. The molecule has 1 heterocycles. The summed E-state index contributed by atoms with van der Waals surface area (Å²) < 4.78 is 14.8. The quantitative estimate of drug-likeness (QED) is 0.334. The van der Waals surface area contributed by atoms with Gasteiger partial charge in [-0.1, -0.05) is 19.8 Å². The van der Waals surface area contributed by atoms with Crippen LogP contribution in [0, 0.1) is 11.7 Å².